The molecule has 9 nitrogen and oxygen atoms in total. The molecule has 1 saturated carbocycles. The largest absolute Gasteiger partial charge is 0.480 e. The van der Waals surface area contributed by atoms with Gasteiger partial charge >= 0.3 is 13.1 Å². The molecular weight excluding hydrogens is 482 g/mol. The van der Waals surface area contributed by atoms with E-state index in [2.05, 4.69) is 5.32 Å². The fourth-order valence-electron chi connectivity index (χ4n) is 4.89. The summed E-state index contributed by atoms with van der Waals surface area (Å²) in [5.74, 6) is -1.87. The number of fused-ring (bicyclic) bond motifs is 1. The second kappa shape index (κ2) is 12.8. The highest BCUT2D eigenvalue weighted by Gasteiger charge is 2.47. The first-order valence-corrected chi connectivity index (χ1v) is 11.1. The first-order chi connectivity index (χ1) is 15.1. The number of aliphatic carboxylic acids is 1. The Hall–Kier alpha value is -1.82. The fourth-order valence-corrected chi connectivity index (χ4v) is 4.89. The van der Waals surface area contributed by atoms with Crippen LogP contribution in [-0.2, 0) is 23.1 Å². The number of carboxylic acids is 1. The highest BCUT2D eigenvalue weighted by Crippen LogP contribution is 2.38. The zero-order valence-electron chi connectivity index (χ0n) is 19.2. The summed E-state index contributed by atoms with van der Waals surface area (Å²) in [6.07, 6.45) is 4.52. The highest BCUT2D eigenvalue weighted by atomic mass is 35.5. The van der Waals surface area contributed by atoms with E-state index in [4.69, 9.17) is 21.5 Å². The molecule has 1 amide bonds. The Morgan fingerprint density at radius 2 is 1.94 bits per heavy atom. The zero-order chi connectivity index (χ0) is 23.5. The van der Waals surface area contributed by atoms with Gasteiger partial charge in [-0.15, -0.1) is 24.8 Å². The lowest BCUT2D eigenvalue weighted by molar-refractivity contribution is -0.148. The topological polar surface area (TPSA) is 164 Å². The van der Waals surface area contributed by atoms with Crippen LogP contribution in [-0.4, -0.2) is 56.8 Å². The van der Waals surface area contributed by atoms with E-state index in [1.807, 2.05) is 42.1 Å². The fraction of sp³-hybridized carbons (Fsp3) is 0.545. The van der Waals surface area contributed by atoms with Crippen molar-refractivity contribution in [2.24, 2.45) is 30.4 Å². The van der Waals surface area contributed by atoms with E-state index >= 15 is 0 Å². The molecule has 12 heteroatoms. The molecule has 0 spiro atoms. The number of amides is 1. The van der Waals surface area contributed by atoms with Crippen molar-refractivity contribution in [2.45, 2.75) is 50.0 Å². The Labute approximate surface area is 212 Å². The molecule has 190 valence electrons. The number of aryl methyl sites for hydroxylation is 1. The number of rotatable bonds is 9. The lowest BCUT2D eigenvalue weighted by atomic mass is 9.66. The van der Waals surface area contributed by atoms with Crippen molar-refractivity contribution in [1.29, 1.82) is 0 Å². The summed E-state index contributed by atoms with van der Waals surface area (Å²) in [7, 11) is 0.536. The van der Waals surface area contributed by atoms with Crippen molar-refractivity contribution < 1.29 is 24.7 Å². The number of nitrogens with one attached hydrogen (secondary N) is 1. The quantitative estimate of drug-likeness (QED) is 0.271. The van der Waals surface area contributed by atoms with Gasteiger partial charge in [0, 0.05) is 36.6 Å². The molecule has 0 bridgehead atoms. The molecule has 1 aliphatic rings. The van der Waals surface area contributed by atoms with Crippen LogP contribution in [0.4, 0.5) is 0 Å². The molecule has 1 fully saturated rings. The minimum atomic E-state index is -1.48. The van der Waals surface area contributed by atoms with E-state index < -0.39 is 30.6 Å². The molecule has 1 aromatic heterocycles. The van der Waals surface area contributed by atoms with Gasteiger partial charge in [0.05, 0.1) is 6.04 Å². The van der Waals surface area contributed by atoms with Gasteiger partial charge in [-0.25, -0.2) is 0 Å². The molecule has 34 heavy (non-hydrogen) atoms. The van der Waals surface area contributed by atoms with Gasteiger partial charge in [-0.3, -0.25) is 9.59 Å². The van der Waals surface area contributed by atoms with E-state index in [-0.39, 0.29) is 55.9 Å². The number of benzene rings is 1. The minimum Gasteiger partial charge on any atom is -0.480 e. The minimum absolute atomic E-state index is 0. The van der Waals surface area contributed by atoms with E-state index in [1.54, 1.807) is 0 Å². The number of halogens is 2. The summed E-state index contributed by atoms with van der Waals surface area (Å²) in [5.41, 5.74) is 13.0. The summed E-state index contributed by atoms with van der Waals surface area (Å²) in [5, 5.41) is 31.8. The maximum Gasteiger partial charge on any atom is 0.451 e. The van der Waals surface area contributed by atoms with Gasteiger partial charge in [0.1, 0.15) is 5.54 Å². The Morgan fingerprint density at radius 3 is 2.59 bits per heavy atom. The summed E-state index contributed by atoms with van der Waals surface area (Å²) in [6, 6.07) is 7.15. The number of nitrogens with zero attached hydrogens (tertiary/aromatic N) is 1. The van der Waals surface area contributed by atoms with Gasteiger partial charge in [0.15, 0.2) is 0 Å². The summed E-state index contributed by atoms with van der Waals surface area (Å²) in [4.78, 5) is 24.6. The van der Waals surface area contributed by atoms with Crippen LogP contribution in [0.15, 0.2) is 30.5 Å². The van der Waals surface area contributed by atoms with Crippen molar-refractivity contribution >= 4 is 54.7 Å². The van der Waals surface area contributed by atoms with Crippen molar-refractivity contribution in [1.82, 2.24) is 9.88 Å². The molecule has 1 aliphatic carbocycles. The number of aromatic nitrogens is 1. The van der Waals surface area contributed by atoms with Gasteiger partial charge in [-0.05, 0) is 49.6 Å². The highest BCUT2D eigenvalue weighted by molar-refractivity contribution is 6.40. The van der Waals surface area contributed by atoms with Gasteiger partial charge in [-0.1, -0.05) is 24.6 Å². The molecule has 3 rings (SSSR count). The van der Waals surface area contributed by atoms with Crippen LogP contribution in [0.25, 0.3) is 10.9 Å². The molecule has 0 unspecified atom stereocenters. The normalized spacial score (nSPS) is 22.9. The third-order valence-electron chi connectivity index (χ3n) is 6.79. The second-order valence-corrected chi connectivity index (χ2v) is 9.09. The summed E-state index contributed by atoms with van der Waals surface area (Å²) >= 11 is 0. The van der Waals surface area contributed by atoms with Gasteiger partial charge in [-0.2, -0.15) is 0 Å². The molecule has 1 aromatic carbocycles. The lowest BCUT2D eigenvalue weighted by Crippen LogP contribution is -2.60. The first kappa shape index (κ1) is 30.2. The average molecular weight is 517 g/mol. The lowest BCUT2D eigenvalue weighted by Gasteiger charge is -2.41. The van der Waals surface area contributed by atoms with Gasteiger partial charge in [0.2, 0.25) is 5.91 Å². The van der Waals surface area contributed by atoms with Crippen molar-refractivity contribution in [2.75, 3.05) is 6.54 Å². The van der Waals surface area contributed by atoms with E-state index in [1.165, 1.54) is 0 Å². The number of carbonyl (C=O) groups excluding carboxylic acids is 1. The predicted molar refractivity (Wildman–Crippen MR) is 137 cm³/mol. The molecule has 0 aliphatic heterocycles. The van der Waals surface area contributed by atoms with E-state index in [0.717, 1.165) is 22.9 Å². The monoisotopic (exact) mass is 516 g/mol. The standard InChI is InChI=1S/C22H33BN4O5.2ClH/c1-27-13-15(17-4-2-3-5-19(17)27)10-18(24)20(28)26-12-16-7-6-14(8-9-23(31)32)11-22(16,25)21(29)30;;/h2-5,13-14,16,18,31-32H,6-12,24-25H2,1H3,(H,26,28)(H,29,30);2*1H/t14-,16-,18+,22+;;/m0../s1. The van der Waals surface area contributed by atoms with Gasteiger partial charge < -0.3 is 36.5 Å². The van der Waals surface area contributed by atoms with Crippen LogP contribution >= 0.6 is 24.8 Å². The first-order valence-electron chi connectivity index (χ1n) is 11.1. The van der Waals surface area contributed by atoms with Crippen molar-refractivity contribution in [3.8, 4) is 0 Å². The van der Waals surface area contributed by atoms with Crippen LogP contribution < -0.4 is 16.8 Å². The molecule has 1 heterocycles. The molecule has 0 radical (unpaired) electrons. The van der Waals surface area contributed by atoms with Crippen LogP contribution in [0.3, 0.4) is 0 Å². The molecular formula is C22H35BCl2N4O5. The number of hydrogen-bond donors (Lipinski definition) is 6. The van der Waals surface area contributed by atoms with Crippen molar-refractivity contribution in [3.63, 3.8) is 0 Å². The SMILES string of the molecule is Cl.Cl.Cn1cc(C[C@@H](N)C(=O)NC[C@@H]2CC[C@@H](CCB(O)O)C[C@]2(N)C(=O)O)c2ccccc21. The smallest absolute Gasteiger partial charge is 0.451 e. The maximum absolute atomic E-state index is 12.7. The molecule has 4 atom stereocenters. The Balaban J connectivity index is 0.00000289. The summed E-state index contributed by atoms with van der Waals surface area (Å²) in [6.45, 7) is 0.139. The van der Waals surface area contributed by atoms with E-state index in [9.17, 15) is 14.7 Å². The van der Waals surface area contributed by atoms with Crippen LogP contribution in [0.1, 0.15) is 31.2 Å². The second-order valence-electron chi connectivity index (χ2n) is 9.09. The number of carboxylic acid groups (broad SMARTS) is 1. The Morgan fingerprint density at radius 1 is 1.26 bits per heavy atom. The van der Waals surface area contributed by atoms with Crippen LogP contribution in [0.2, 0.25) is 6.32 Å². The number of carbonyl (C=O) groups is 2. The number of nitrogens with two attached hydrogens (primary N) is 2. The maximum atomic E-state index is 12.7. The number of hydrogen-bond acceptors (Lipinski definition) is 6. The third kappa shape index (κ3) is 6.87. The molecule has 2 aromatic rings. The van der Waals surface area contributed by atoms with Gasteiger partial charge in [0.25, 0.3) is 0 Å². The zero-order valence-corrected chi connectivity index (χ0v) is 20.9. The third-order valence-corrected chi connectivity index (χ3v) is 6.79. The van der Waals surface area contributed by atoms with Crippen molar-refractivity contribution in [3.05, 3.63) is 36.0 Å². The van der Waals surface area contributed by atoms with E-state index in [0.29, 0.717) is 19.3 Å². The predicted octanol–water partition coefficient (Wildman–Crippen LogP) is 1.07. The molecule has 0 saturated heterocycles. The van der Waals surface area contributed by atoms with Crippen LogP contribution in [0, 0.1) is 11.8 Å². The van der Waals surface area contributed by atoms with Crippen LogP contribution in [0.5, 0.6) is 0 Å². The Kier molecular flexibility index (Phi) is 11.3. The molecule has 8 N–H and O–H groups in total. The Bertz CT molecular complexity index is 976. The number of para-hydroxylation sites is 1. The average Bonchev–Trinajstić information content (AvgIpc) is 3.06. The summed E-state index contributed by atoms with van der Waals surface area (Å²) < 4.78 is 2.00.